The molecular formula is C15H27N. The average Bonchev–Trinajstić information content (AvgIpc) is 2.17. The fourth-order valence-electron chi connectivity index (χ4n) is 1.93. The molecule has 0 aromatic heterocycles. The van der Waals surface area contributed by atoms with Gasteiger partial charge in [-0.05, 0) is 31.6 Å². The molecule has 0 aliphatic carbocycles. The third-order valence-electron chi connectivity index (χ3n) is 3.06. The van der Waals surface area contributed by atoms with Gasteiger partial charge in [-0.1, -0.05) is 52.0 Å². The van der Waals surface area contributed by atoms with Gasteiger partial charge in [0.2, 0.25) is 0 Å². The lowest BCUT2D eigenvalue weighted by Gasteiger charge is -2.12. The van der Waals surface area contributed by atoms with Gasteiger partial charge in [-0.2, -0.15) is 5.26 Å². The Labute approximate surface area is 102 Å². The zero-order chi connectivity index (χ0) is 12.4. The fraction of sp³-hybridized carbons (Fsp3) is 0.800. The van der Waals surface area contributed by atoms with Gasteiger partial charge in [-0.15, -0.1) is 0 Å². The SMILES string of the molecule is CC(=CC#N)CCCC(C)CCCC(C)C. The number of rotatable bonds is 8. The molecule has 0 rings (SSSR count). The zero-order valence-corrected chi connectivity index (χ0v) is 11.4. The molecule has 0 amide bonds. The van der Waals surface area contributed by atoms with Crippen molar-refractivity contribution in [2.75, 3.05) is 0 Å². The number of nitrogens with zero attached hydrogens (tertiary/aromatic N) is 1. The highest BCUT2D eigenvalue weighted by atomic mass is 14.2. The summed E-state index contributed by atoms with van der Waals surface area (Å²) in [5, 5.41) is 8.49. The molecule has 0 spiro atoms. The summed E-state index contributed by atoms with van der Waals surface area (Å²) in [6, 6.07) is 2.09. The van der Waals surface area contributed by atoms with Gasteiger partial charge in [0.25, 0.3) is 0 Å². The van der Waals surface area contributed by atoms with E-state index < -0.39 is 0 Å². The molecule has 0 aromatic rings. The van der Waals surface area contributed by atoms with Crippen LogP contribution in [0.15, 0.2) is 11.6 Å². The number of nitriles is 1. The second-order valence-electron chi connectivity index (χ2n) is 5.44. The minimum absolute atomic E-state index is 0.841. The first-order valence-corrected chi connectivity index (χ1v) is 6.61. The fourth-order valence-corrected chi connectivity index (χ4v) is 1.93. The quantitative estimate of drug-likeness (QED) is 0.524. The van der Waals surface area contributed by atoms with Gasteiger partial charge in [0.05, 0.1) is 6.07 Å². The maximum absolute atomic E-state index is 8.49. The summed E-state index contributed by atoms with van der Waals surface area (Å²) in [4.78, 5) is 0. The van der Waals surface area contributed by atoms with Crippen LogP contribution in [0.25, 0.3) is 0 Å². The van der Waals surface area contributed by atoms with E-state index in [1.807, 2.05) is 6.92 Å². The Balaban J connectivity index is 3.48. The second-order valence-corrected chi connectivity index (χ2v) is 5.44. The lowest BCUT2D eigenvalue weighted by atomic mass is 9.94. The average molecular weight is 221 g/mol. The second kappa shape index (κ2) is 9.46. The minimum Gasteiger partial charge on any atom is -0.193 e. The van der Waals surface area contributed by atoms with E-state index in [0.29, 0.717) is 0 Å². The molecule has 0 radical (unpaired) electrons. The van der Waals surface area contributed by atoms with Crippen molar-refractivity contribution in [3.8, 4) is 6.07 Å². The molecule has 1 heteroatoms. The third-order valence-corrected chi connectivity index (χ3v) is 3.06. The van der Waals surface area contributed by atoms with Crippen LogP contribution in [0.4, 0.5) is 0 Å². The maximum Gasteiger partial charge on any atom is 0.0911 e. The molecule has 0 fully saturated rings. The molecule has 0 aromatic carbocycles. The van der Waals surface area contributed by atoms with Crippen molar-refractivity contribution >= 4 is 0 Å². The minimum atomic E-state index is 0.841. The van der Waals surface area contributed by atoms with Crippen molar-refractivity contribution in [2.24, 2.45) is 11.8 Å². The van der Waals surface area contributed by atoms with Crippen LogP contribution in [0.2, 0.25) is 0 Å². The van der Waals surface area contributed by atoms with Crippen LogP contribution in [0.5, 0.6) is 0 Å². The number of hydrogen-bond donors (Lipinski definition) is 0. The Bertz CT molecular complexity index is 232. The van der Waals surface area contributed by atoms with E-state index in [4.69, 9.17) is 5.26 Å². The molecule has 0 N–H and O–H groups in total. The summed E-state index contributed by atoms with van der Waals surface area (Å²) in [5.74, 6) is 1.68. The smallest absolute Gasteiger partial charge is 0.0911 e. The topological polar surface area (TPSA) is 23.8 Å². The summed E-state index contributed by atoms with van der Waals surface area (Å²) < 4.78 is 0. The van der Waals surface area contributed by atoms with Gasteiger partial charge < -0.3 is 0 Å². The molecule has 1 atom stereocenters. The summed E-state index contributed by atoms with van der Waals surface area (Å²) in [7, 11) is 0. The van der Waals surface area contributed by atoms with Crippen molar-refractivity contribution in [1.82, 2.24) is 0 Å². The Hall–Kier alpha value is -0.770. The van der Waals surface area contributed by atoms with E-state index in [9.17, 15) is 0 Å². The standard InChI is InChI=1S/C15H27N/c1-13(2)7-5-8-14(3)9-6-10-15(4)11-12-16/h11,13-14H,5-10H2,1-4H3. The Morgan fingerprint density at radius 3 is 2.31 bits per heavy atom. The first kappa shape index (κ1) is 15.2. The van der Waals surface area contributed by atoms with Gasteiger partial charge in [-0.3, -0.25) is 0 Å². The Morgan fingerprint density at radius 2 is 1.75 bits per heavy atom. The molecule has 1 nitrogen and oxygen atoms in total. The monoisotopic (exact) mass is 221 g/mol. The van der Waals surface area contributed by atoms with Crippen LogP contribution in [-0.2, 0) is 0 Å². The van der Waals surface area contributed by atoms with Gasteiger partial charge in [-0.25, -0.2) is 0 Å². The summed E-state index contributed by atoms with van der Waals surface area (Å²) >= 11 is 0. The van der Waals surface area contributed by atoms with Gasteiger partial charge in [0.15, 0.2) is 0 Å². The van der Waals surface area contributed by atoms with E-state index >= 15 is 0 Å². The Morgan fingerprint density at radius 1 is 1.12 bits per heavy atom. The maximum atomic E-state index is 8.49. The van der Waals surface area contributed by atoms with Gasteiger partial charge >= 0.3 is 0 Å². The van der Waals surface area contributed by atoms with Crippen molar-refractivity contribution in [2.45, 2.75) is 66.2 Å². The van der Waals surface area contributed by atoms with Crippen molar-refractivity contribution in [3.05, 3.63) is 11.6 Å². The highest BCUT2D eigenvalue weighted by Gasteiger charge is 2.03. The van der Waals surface area contributed by atoms with Crippen molar-refractivity contribution < 1.29 is 0 Å². The van der Waals surface area contributed by atoms with Gasteiger partial charge in [0.1, 0.15) is 0 Å². The Kier molecular flexibility index (Phi) is 9.00. The molecule has 0 saturated carbocycles. The van der Waals surface area contributed by atoms with Crippen molar-refractivity contribution in [1.29, 1.82) is 5.26 Å². The van der Waals surface area contributed by atoms with Crippen LogP contribution in [-0.4, -0.2) is 0 Å². The number of allylic oxidation sites excluding steroid dienone is 2. The van der Waals surface area contributed by atoms with Crippen LogP contribution >= 0.6 is 0 Å². The van der Waals surface area contributed by atoms with Crippen LogP contribution in [0, 0.1) is 23.2 Å². The van der Waals surface area contributed by atoms with E-state index in [1.165, 1.54) is 37.7 Å². The van der Waals surface area contributed by atoms with Crippen LogP contribution < -0.4 is 0 Å². The third kappa shape index (κ3) is 9.77. The summed E-state index contributed by atoms with van der Waals surface area (Å²) in [5.41, 5.74) is 1.22. The zero-order valence-electron chi connectivity index (χ0n) is 11.4. The molecule has 92 valence electrons. The molecule has 0 bridgehead atoms. The molecule has 0 aliphatic heterocycles. The molecule has 16 heavy (non-hydrogen) atoms. The first-order chi connectivity index (χ1) is 7.56. The van der Waals surface area contributed by atoms with Crippen LogP contribution in [0.3, 0.4) is 0 Å². The molecule has 0 aliphatic rings. The molecule has 1 unspecified atom stereocenters. The van der Waals surface area contributed by atoms with Crippen molar-refractivity contribution in [3.63, 3.8) is 0 Å². The molecule has 0 heterocycles. The van der Waals surface area contributed by atoms with E-state index in [0.717, 1.165) is 18.3 Å². The predicted molar refractivity (Wildman–Crippen MR) is 71.1 cm³/mol. The number of hydrogen-bond acceptors (Lipinski definition) is 1. The predicted octanol–water partition coefficient (Wildman–Crippen LogP) is 5.09. The normalized spacial score (nSPS) is 13.9. The van der Waals surface area contributed by atoms with E-state index in [1.54, 1.807) is 6.08 Å². The summed E-state index contributed by atoms with van der Waals surface area (Å²) in [6.45, 7) is 8.98. The lowest BCUT2D eigenvalue weighted by molar-refractivity contribution is 0.427. The highest BCUT2D eigenvalue weighted by molar-refractivity contribution is 5.10. The van der Waals surface area contributed by atoms with E-state index in [2.05, 4.69) is 26.8 Å². The lowest BCUT2D eigenvalue weighted by Crippen LogP contribution is -1.97. The summed E-state index contributed by atoms with van der Waals surface area (Å²) in [6.07, 6.45) is 9.37. The first-order valence-electron chi connectivity index (χ1n) is 6.61. The molecule has 0 saturated heterocycles. The largest absolute Gasteiger partial charge is 0.193 e. The molecular weight excluding hydrogens is 194 g/mol. The highest BCUT2D eigenvalue weighted by Crippen LogP contribution is 2.18. The van der Waals surface area contributed by atoms with Gasteiger partial charge in [0, 0.05) is 6.08 Å². The van der Waals surface area contributed by atoms with Crippen LogP contribution in [0.1, 0.15) is 66.2 Å². The van der Waals surface area contributed by atoms with E-state index in [-0.39, 0.29) is 0 Å².